The van der Waals surface area contributed by atoms with Crippen LogP contribution in [0.15, 0.2) is 72.8 Å². The lowest BCUT2D eigenvalue weighted by atomic mass is 10.1. The molecule has 0 aliphatic heterocycles. The van der Waals surface area contributed by atoms with Crippen LogP contribution in [0.1, 0.15) is 34.0 Å². The van der Waals surface area contributed by atoms with Crippen molar-refractivity contribution in [3.8, 4) is 17.2 Å². The monoisotopic (exact) mass is 402 g/mol. The molecule has 0 saturated carbocycles. The lowest BCUT2D eigenvalue weighted by Crippen LogP contribution is -1.99. The molecule has 0 spiro atoms. The fraction of sp³-hybridized carbons (Fsp3) is 0.192. The molecule has 0 radical (unpaired) electrons. The van der Waals surface area contributed by atoms with Crippen LogP contribution in [0.2, 0.25) is 0 Å². The maximum absolute atomic E-state index is 12.5. The van der Waals surface area contributed by atoms with Crippen molar-refractivity contribution >= 4 is 11.9 Å². The van der Waals surface area contributed by atoms with E-state index in [1.807, 2.05) is 36.4 Å². The number of hydrogen-bond donors (Lipinski definition) is 0. The summed E-state index contributed by atoms with van der Waals surface area (Å²) in [5, 5.41) is 0. The molecule has 0 fully saturated rings. The second-order valence-electron chi connectivity index (χ2n) is 6.79. The highest BCUT2D eigenvalue weighted by molar-refractivity contribution is 6.07. The topological polar surface area (TPSA) is 44.8 Å². The number of ether oxygens (including phenoxy) is 3. The summed E-state index contributed by atoms with van der Waals surface area (Å²) in [5.41, 5.74) is 3.66. The number of methoxy groups -OCH3 is 2. The number of rotatable bonds is 9. The van der Waals surface area contributed by atoms with Gasteiger partial charge in [-0.1, -0.05) is 43.3 Å². The van der Waals surface area contributed by atoms with Crippen LogP contribution in [0.25, 0.3) is 6.08 Å². The van der Waals surface area contributed by atoms with Gasteiger partial charge in [-0.25, -0.2) is 0 Å². The van der Waals surface area contributed by atoms with Gasteiger partial charge in [0, 0.05) is 11.1 Å². The zero-order chi connectivity index (χ0) is 21.3. The van der Waals surface area contributed by atoms with Crippen LogP contribution >= 0.6 is 0 Å². The molecule has 30 heavy (non-hydrogen) atoms. The largest absolute Gasteiger partial charge is 0.497 e. The number of aryl methyl sites for hydroxylation is 1. The third-order valence-electron chi connectivity index (χ3n) is 4.81. The van der Waals surface area contributed by atoms with Crippen molar-refractivity contribution in [3.63, 3.8) is 0 Å². The third-order valence-corrected chi connectivity index (χ3v) is 4.81. The quantitative estimate of drug-likeness (QED) is 0.338. The van der Waals surface area contributed by atoms with Gasteiger partial charge in [-0.05, 0) is 60.0 Å². The van der Waals surface area contributed by atoms with Gasteiger partial charge < -0.3 is 14.2 Å². The van der Waals surface area contributed by atoms with Crippen LogP contribution in [-0.2, 0) is 13.0 Å². The van der Waals surface area contributed by atoms with E-state index in [-0.39, 0.29) is 5.78 Å². The molecule has 0 aromatic heterocycles. The van der Waals surface area contributed by atoms with Crippen LogP contribution in [0.4, 0.5) is 0 Å². The van der Waals surface area contributed by atoms with E-state index in [1.165, 1.54) is 5.56 Å². The van der Waals surface area contributed by atoms with Gasteiger partial charge in [-0.3, -0.25) is 4.79 Å². The Morgan fingerprint density at radius 1 is 0.900 bits per heavy atom. The predicted molar refractivity (Wildman–Crippen MR) is 120 cm³/mol. The van der Waals surface area contributed by atoms with Crippen LogP contribution in [-0.4, -0.2) is 20.0 Å². The van der Waals surface area contributed by atoms with E-state index in [9.17, 15) is 4.79 Å². The Bertz CT molecular complexity index is 1020. The Morgan fingerprint density at radius 2 is 1.70 bits per heavy atom. The zero-order valence-electron chi connectivity index (χ0n) is 17.6. The normalized spacial score (nSPS) is 10.8. The Labute approximate surface area is 177 Å². The van der Waals surface area contributed by atoms with E-state index in [0.717, 1.165) is 29.0 Å². The Kier molecular flexibility index (Phi) is 7.28. The van der Waals surface area contributed by atoms with Gasteiger partial charge in [0.25, 0.3) is 0 Å². The summed E-state index contributed by atoms with van der Waals surface area (Å²) in [6, 6.07) is 20.9. The summed E-state index contributed by atoms with van der Waals surface area (Å²) in [6.07, 6.45) is 4.35. The summed E-state index contributed by atoms with van der Waals surface area (Å²) in [4.78, 5) is 12.5. The van der Waals surface area contributed by atoms with E-state index in [2.05, 4.69) is 19.1 Å². The fourth-order valence-electron chi connectivity index (χ4n) is 3.04. The Hall–Kier alpha value is -3.53. The lowest BCUT2D eigenvalue weighted by molar-refractivity contribution is 0.104. The molecule has 0 amide bonds. The van der Waals surface area contributed by atoms with Crippen molar-refractivity contribution in [1.29, 1.82) is 0 Å². The highest BCUT2D eigenvalue weighted by atomic mass is 16.5. The number of carbonyl (C=O) groups is 1. The second kappa shape index (κ2) is 10.3. The van der Waals surface area contributed by atoms with Gasteiger partial charge in [-0.15, -0.1) is 0 Å². The van der Waals surface area contributed by atoms with Crippen LogP contribution < -0.4 is 14.2 Å². The van der Waals surface area contributed by atoms with E-state index in [1.54, 1.807) is 44.6 Å². The smallest absolute Gasteiger partial charge is 0.185 e. The lowest BCUT2D eigenvalue weighted by Gasteiger charge is -2.11. The summed E-state index contributed by atoms with van der Waals surface area (Å²) >= 11 is 0. The van der Waals surface area contributed by atoms with Gasteiger partial charge >= 0.3 is 0 Å². The summed E-state index contributed by atoms with van der Waals surface area (Å²) in [6.45, 7) is 2.50. The van der Waals surface area contributed by atoms with Gasteiger partial charge in [0.2, 0.25) is 0 Å². The van der Waals surface area contributed by atoms with Gasteiger partial charge in [0.1, 0.15) is 23.9 Å². The van der Waals surface area contributed by atoms with Crippen molar-refractivity contribution in [1.82, 2.24) is 0 Å². The SMILES string of the molecule is CCc1ccc(OCc2cc(/C=C/C(=O)c3cccc(OC)c3)ccc2OC)cc1. The van der Waals surface area contributed by atoms with Crippen LogP contribution in [0.3, 0.4) is 0 Å². The molecular formula is C26H26O4. The molecule has 0 bridgehead atoms. The molecule has 3 aromatic rings. The minimum atomic E-state index is -0.0847. The van der Waals surface area contributed by atoms with E-state index in [4.69, 9.17) is 14.2 Å². The second-order valence-corrected chi connectivity index (χ2v) is 6.79. The first-order valence-corrected chi connectivity index (χ1v) is 9.88. The van der Waals surface area contributed by atoms with Crippen molar-refractivity contribution in [2.24, 2.45) is 0 Å². The van der Waals surface area contributed by atoms with Crippen molar-refractivity contribution in [2.45, 2.75) is 20.0 Å². The number of hydrogen-bond acceptors (Lipinski definition) is 4. The molecule has 3 aromatic carbocycles. The van der Waals surface area contributed by atoms with Crippen molar-refractivity contribution in [3.05, 3.63) is 95.1 Å². The van der Waals surface area contributed by atoms with Crippen molar-refractivity contribution in [2.75, 3.05) is 14.2 Å². The average molecular weight is 402 g/mol. The molecule has 3 rings (SSSR count). The third kappa shape index (κ3) is 5.51. The highest BCUT2D eigenvalue weighted by Gasteiger charge is 2.07. The Morgan fingerprint density at radius 3 is 2.40 bits per heavy atom. The Balaban J connectivity index is 1.72. The number of allylic oxidation sites excluding steroid dienone is 1. The predicted octanol–water partition coefficient (Wildman–Crippen LogP) is 5.74. The van der Waals surface area contributed by atoms with Crippen molar-refractivity contribution < 1.29 is 19.0 Å². The standard InChI is InChI=1S/C26H26O4/c1-4-19-8-12-23(13-9-19)30-18-22-16-20(11-15-26(22)29-3)10-14-25(27)21-6-5-7-24(17-21)28-2/h5-17H,4,18H2,1-3H3/b14-10+. The van der Waals surface area contributed by atoms with E-state index < -0.39 is 0 Å². The molecule has 0 aliphatic carbocycles. The van der Waals surface area contributed by atoms with E-state index in [0.29, 0.717) is 17.9 Å². The zero-order valence-corrected chi connectivity index (χ0v) is 17.6. The number of ketones is 1. The van der Waals surface area contributed by atoms with Gasteiger partial charge in [0.05, 0.1) is 14.2 Å². The maximum atomic E-state index is 12.5. The number of benzene rings is 3. The molecule has 0 N–H and O–H groups in total. The summed E-state index contributed by atoms with van der Waals surface area (Å²) in [5.74, 6) is 2.13. The molecular weight excluding hydrogens is 376 g/mol. The molecule has 0 atom stereocenters. The molecule has 0 unspecified atom stereocenters. The molecule has 0 saturated heterocycles. The minimum Gasteiger partial charge on any atom is -0.497 e. The van der Waals surface area contributed by atoms with Crippen LogP contribution in [0, 0.1) is 0 Å². The van der Waals surface area contributed by atoms with Gasteiger partial charge in [0.15, 0.2) is 5.78 Å². The first kappa shape index (κ1) is 21.2. The van der Waals surface area contributed by atoms with E-state index >= 15 is 0 Å². The average Bonchev–Trinajstić information content (AvgIpc) is 2.81. The molecule has 4 heteroatoms. The molecule has 0 heterocycles. The molecule has 4 nitrogen and oxygen atoms in total. The first-order chi connectivity index (χ1) is 14.6. The van der Waals surface area contributed by atoms with Gasteiger partial charge in [-0.2, -0.15) is 0 Å². The molecule has 0 aliphatic rings. The van der Waals surface area contributed by atoms with Crippen LogP contribution in [0.5, 0.6) is 17.2 Å². The number of carbonyl (C=O) groups excluding carboxylic acids is 1. The first-order valence-electron chi connectivity index (χ1n) is 9.88. The highest BCUT2D eigenvalue weighted by Crippen LogP contribution is 2.23. The maximum Gasteiger partial charge on any atom is 0.185 e. The minimum absolute atomic E-state index is 0.0847. The molecule has 154 valence electrons. The summed E-state index contributed by atoms with van der Waals surface area (Å²) < 4.78 is 16.6. The fourth-order valence-corrected chi connectivity index (χ4v) is 3.04. The summed E-state index contributed by atoms with van der Waals surface area (Å²) in [7, 11) is 3.22.